The van der Waals surface area contributed by atoms with Gasteiger partial charge in [-0.25, -0.2) is 0 Å². The molecule has 0 amide bonds. The highest BCUT2D eigenvalue weighted by molar-refractivity contribution is 6.30. The summed E-state index contributed by atoms with van der Waals surface area (Å²) in [4.78, 5) is 0. The summed E-state index contributed by atoms with van der Waals surface area (Å²) in [5.74, 6) is 7.33. The third-order valence-electron chi connectivity index (χ3n) is 4.57. The van der Waals surface area contributed by atoms with Crippen LogP contribution in [0.15, 0.2) is 24.3 Å². The van der Waals surface area contributed by atoms with E-state index < -0.39 is 0 Å². The Labute approximate surface area is 121 Å². The Kier molecular flexibility index (Phi) is 5.68. The first kappa shape index (κ1) is 14.8. The van der Waals surface area contributed by atoms with Crippen LogP contribution < -0.4 is 11.3 Å². The fraction of sp³-hybridized carbons (Fsp3) is 0.625. The van der Waals surface area contributed by atoms with Gasteiger partial charge >= 0.3 is 0 Å². The Bertz CT molecular complexity index is 394. The molecule has 19 heavy (non-hydrogen) atoms. The maximum absolute atomic E-state index is 6.06. The summed E-state index contributed by atoms with van der Waals surface area (Å²) in [5, 5.41) is 0.809. The zero-order chi connectivity index (χ0) is 13.7. The maximum atomic E-state index is 6.06. The molecule has 1 aliphatic rings. The fourth-order valence-corrected chi connectivity index (χ4v) is 3.74. The van der Waals surface area contributed by atoms with E-state index in [2.05, 4.69) is 24.5 Å². The normalized spacial score (nSPS) is 25.2. The molecule has 0 saturated heterocycles. The maximum Gasteiger partial charge on any atom is 0.0408 e. The van der Waals surface area contributed by atoms with Crippen LogP contribution in [0.25, 0.3) is 0 Å². The molecule has 3 atom stereocenters. The summed E-state index contributed by atoms with van der Waals surface area (Å²) in [6, 6.07) is 8.49. The van der Waals surface area contributed by atoms with Crippen LogP contribution in [-0.2, 0) is 6.42 Å². The average Bonchev–Trinajstić information content (AvgIpc) is 2.45. The number of hydrogen-bond acceptors (Lipinski definition) is 2. The molecule has 3 unspecified atom stereocenters. The van der Waals surface area contributed by atoms with E-state index in [0.29, 0.717) is 12.0 Å². The third kappa shape index (κ3) is 3.95. The van der Waals surface area contributed by atoms with Crippen LogP contribution in [0, 0.1) is 11.8 Å². The van der Waals surface area contributed by atoms with E-state index in [9.17, 15) is 0 Å². The lowest BCUT2D eigenvalue weighted by Crippen LogP contribution is -2.46. The SMILES string of the molecule is CCC1CCCCC1C(Cc1cccc(Cl)c1)NN. The van der Waals surface area contributed by atoms with Crippen molar-refractivity contribution in [1.82, 2.24) is 5.43 Å². The van der Waals surface area contributed by atoms with E-state index in [-0.39, 0.29) is 0 Å². The van der Waals surface area contributed by atoms with Gasteiger partial charge in [0, 0.05) is 11.1 Å². The number of rotatable bonds is 5. The van der Waals surface area contributed by atoms with Crippen LogP contribution in [0.2, 0.25) is 5.02 Å². The molecule has 3 N–H and O–H groups in total. The Morgan fingerprint density at radius 2 is 2.16 bits per heavy atom. The molecular weight excluding hydrogens is 256 g/mol. The summed E-state index contributed by atoms with van der Waals surface area (Å²) >= 11 is 6.06. The summed E-state index contributed by atoms with van der Waals surface area (Å²) < 4.78 is 0. The second kappa shape index (κ2) is 7.28. The van der Waals surface area contributed by atoms with Gasteiger partial charge in [-0.15, -0.1) is 0 Å². The van der Waals surface area contributed by atoms with E-state index in [1.807, 2.05) is 12.1 Å². The van der Waals surface area contributed by atoms with Crippen molar-refractivity contribution in [3.05, 3.63) is 34.9 Å². The van der Waals surface area contributed by atoms with Gasteiger partial charge < -0.3 is 0 Å². The molecule has 1 aliphatic carbocycles. The van der Waals surface area contributed by atoms with Crippen molar-refractivity contribution in [2.45, 2.75) is 51.5 Å². The number of nitrogens with two attached hydrogens (primary N) is 1. The number of nitrogens with one attached hydrogen (secondary N) is 1. The van der Waals surface area contributed by atoms with Crippen LogP contribution in [0.5, 0.6) is 0 Å². The van der Waals surface area contributed by atoms with Crippen molar-refractivity contribution in [3.8, 4) is 0 Å². The fourth-order valence-electron chi connectivity index (χ4n) is 3.52. The highest BCUT2D eigenvalue weighted by Gasteiger charge is 2.30. The second-order valence-electron chi connectivity index (χ2n) is 5.72. The first-order valence-corrected chi connectivity index (χ1v) is 7.83. The van der Waals surface area contributed by atoms with Gasteiger partial charge in [0.25, 0.3) is 0 Å². The highest BCUT2D eigenvalue weighted by atomic mass is 35.5. The number of halogens is 1. The van der Waals surface area contributed by atoms with Crippen LogP contribution in [0.1, 0.15) is 44.6 Å². The summed E-state index contributed by atoms with van der Waals surface area (Å²) in [7, 11) is 0. The van der Waals surface area contributed by atoms with E-state index >= 15 is 0 Å². The van der Waals surface area contributed by atoms with E-state index in [4.69, 9.17) is 17.4 Å². The van der Waals surface area contributed by atoms with E-state index in [1.54, 1.807) is 0 Å². The van der Waals surface area contributed by atoms with Gasteiger partial charge in [0.15, 0.2) is 0 Å². The average molecular weight is 281 g/mol. The number of benzene rings is 1. The molecule has 0 spiro atoms. The van der Waals surface area contributed by atoms with Crippen molar-refractivity contribution in [3.63, 3.8) is 0 Å². The molecule has 0 bridgehead atoms. The molecule has 2 nitrogen and oxygen atoms in total. The zero-order valence-corrected chi connectivity index (χ0v) is 12.5. The van der Waals surface area contributed by atoms with E-state index in [0.717, 1.165) is 17.4 Å². The minimum absolute atomic E-state index is 0.365. The Morgan fingerprint density at radius 1 is 1.37 bits per heavy atom. The van der Waals surface area contributed by atoms with Gasteiger partial charge in [0.2, 0.25) is 0 Å². The molecular formula is C16H25ClN2. The minimum atomic E-state index is 0.365. The highest BCUT2D eigenvalue weighted by Crippen LogP contribution is 2.35. The van der Waals surface area contributed by atoms with Crippen LogP contribution in [-0.4, -0.2) is 6.04 Å². The van der Waals surface area contributed by atoms with Crippen LogP contribution >= 0.6 is 11.6 Å². The lowest BCUT2D eigenvalue weighted by atomic mass is 9.73. The van der Waals surface area contributed by atoms with Gasteiger partial charge in [-0.2, -0.15) is 0 Å². The minimum Gasteiger partial charge on any atom is -0.271 e. The topological polar surface area (TPSA) is 38.0 Å². The first-order chi connectivity index (χ1) is 9.24. The molecule has 1 aromatic carbocycles. The quantitative estimate of drug-likeness (QED) is 0.633. The molecule has 0 aliphatic heterocycles. The van der Waals surface area contributed by atoms with Gasteiger partial charge in [-0.05, 0) is 42.4 Å². The number of hydrogen-bond donors (Lipinski definition) is 2. The van der Waals surface area contributed by atoms with Crippen molar-refractivity contribution in [2.24, 2.45) is 17.7 Å². The third-order valence-corrected chi connectivity index (χ3v) is 4.80. The number of hydrazine groups is 1. The monoisotopic (exact) mass is 280 g/mol. The molecule has 106 valence electrons. The molecule has 0 radical (unpaired) electrons. The Balaban J connectivity index is 2.06. The van der Waals surface area contributed by atoms with Crippen molar-refractivity contribution >= 4 is 11.6 Å². The lowest BCUT2D eigenvalue weighted by molar-refractivity contribution is 0.174. The van der Waals surface area contributed by atoms with Gasteiger partial charge in [0.1, 0.15) is 0 Å². The predicted octanol–water partition coefficient (Wildman–Crippen LogP) is 3.93. The molecule has 1 fully saturated rings. The second-order valence-corrected chi connectivity index (χ2v) is 6.16. The smallest absolute Gasteiger partial charge is 0.0408 e. The molecule has 3 heteroatoms. The molecule has 2 rings (SSSR count). The van der Waals surface area contributed by atoms with Crippen LogP contribution in [0.3, 0.4) is 0 Å². The van der Waals surface area contributed by atoms with Crippen molar-refractivity contribution in [1.29, 1.82) is 0 Å². The van der Waals surface area contributed by atoms with Gasteiger partial charge in [-0.1, -0.05) is 56.3 Å². The summed E-state index contributed by atoms with van der Waals surface area (Å²) in [6.45, 7) is 2.30. The summed E-state index contributed by atoms with van der Waals surface area (Å²) in [5.41, 5.74) is 4.33. The summed E-state index contributed by atoms with van der Waals surface area (Å²) in [6.07, 6.45) is 7.61. The molecule has 1 saturated carbocycles. The zero-order valence-electron chi connectivity index (χ0n) is 11.7. The van der Waals surface area contributed by atoms with Crippen molar-refractivity contribution in [2.75, 3.05) is 0 Å². The van der Waals surface area contributed by atoms with E-state index in [1.165, 1.54) is 37.7 Å². The van der Waals surface area contributed by atoms with Crippen molar-refractivity contribution < 1.29 is 0 Å². The Morgan fingerprint density at radius 3 is 2.84 bits per heavy atom. The largest absolute Gasteiger partial charge is 0.271 e. The van der Waals surface area contributed by atoms with Gasteiger partial charge in [-0.3, -0.25) is 11.3 Å². The molecule has 1 aromatic rings. The van der Waals surface area contributed by atoms with Crippen LogP contribution in [0.4, 0.5) is 0 Å². The first-order valence-electron chi connectivity index (χ1n) is 7.45. The predicted molar refractivity (Wildman–Crippen MR) is 82.0 cm³/mol. The Hall–Kier alpha value is -0.570. The lowest BCUT2D eigenvalue weighted by Gasteiger charge is -2.36. The molecule has 0 aromatic heterocycles. The van der Waals surface area contributed by atoms with Gasteiger partial charge in [0.05, 0.1) is 0 Å². The molecule has 0 heterocycles. The standard InChI is InChI=1S/C16H25ClN2/c1-2-13-7-3-4-9-15(13)16(19-18)11-12-6-5-8-14(17)10-12/h5-6,8,10,13,15-16,19H,2-4,7,9,11,18H2,1H3.